The molecule has 2 rings (SSSR count). The molecule has 0 aromatic heterocycles. The van der Waals surface area contributed by atoms with Crippen molar-refractivity contribution in [2.45, 2.75) is 32.6 Å². The van der Waals surface area contributed by atoms with Gasteiger partial charge in [0, 0.05) is 0 Å². The molecule has 0 aliphatic heterocycles. The van der Waals surface area contributed by atoms with Gasteiger partial charge in [-0.15, -0.1) is 0 Å². The molecule has 0 unspecified atom stereocenters. The first-order valence-electron chi connectivity index (χ1n) is 5.72. The summed E-state index contributed by atoms with van der Waals surface area (Å²) in [5.41, 5.74) is 3.80. The van der Waals surface area contributed by atoms with Crippen LogP contribution in [0.2, 0.25) is 0 Å². The van der Waals surface area contributed by atoms with Crippen LogP contribution in [-0.4, -0.2) is 11.1 Å². The summed E-state index contributed by atoms with van der Waals surface area (Å²) in [6, 6.07) is 5.62. The molecule has 1 aliphatic rings. The summed E-state index contributed by atoms with van der Waals surface area (Å²) in [5.74, 6) is -0.846. The summed E-state index contributed by atoms with van der Waals surface area (Å²) in [6.07, 6.45) is 7.06. The van der Waals surface area contributed by atoms with E-state index in [1.54, 1.807) is 6.07 Å². The molecule has 1 aromatic carbocycles. The normalized spacial score (nSPS) is 15.7. The van der Waals surface area contributed by atoms with Gasteiger partial charge in [-0.3, -0.25) is 0 Å². The molecule has 0 atom stereocenters. The first-order chi connectivity index (χ1) is 7.68. The van der Waals surface area contributed by atoms with E-state index in [0.717, 1.165) is 18.4 Å². The van der Waals surface area contributed by atoms with E-state index in [4.69, 9.17) is 5.11 Å². The van der Waals surface area contributed by atoms with Crippen LogP contribution in [-0.2, 0) is 0 Å². The molecule has 0 saturated carbocycles. The predicted octanol–water partition coefficient (Wildman–Crippen LogP) is 3.65. The molecule has 1 aliphatic carbocycles. The van der Waals surface area contributed by atoms with Gasteiger partial charge >= 0.3 is 5.97 Å². The standard InChI is InChI=1S/C14H16O2/c1-10-9-12(7-8-13(10)14(15)16)11-5-3-2-4-6-11/h5,7-9H,2-4,6H2,1H3,(H,15,16). The quantitative estimate of drug-likeness (QED) is 0.819. The minimum atomic E-state index is -0.846. The second-order valence-corrected chi connectivity index (χ2v) is 4.31. The third-order valence-electron chi connectivity index (χ3n) is 3.12. The SMILES string of the molecule is Cc1cc(C2=CCCCC2)ccc1C(=O)O. The van der Waals surface area contributed by atoms with Crippen LogP contribution in [0.1, 0.15) is 47.2 Å². The van der Waals surface area contributed by atoms with E-state index >= 15 is 0 Å². The van der Waals surface area contributed by atoms with Gasteiger partial charge < -0.3 is 5.11 Å². The van der Waals surface area contributed by atoms with Crippen LogP contribution < -0.4 is 0 Å². The maximum Gasteiger partial charge on any atom is 0.335 e. The number of allylic oxidation sites excluding steroid dienone is 2. The van der Waals surface area contributed by atoms with Gasteiger partial charge in [0.15, 0.2) is 0 Å². The lowest BCUT2D eigenvalue weighted by Crippen LogP contribution is -2.00. The van der Waals surface area contributed by atoms with Crippen molar-refractivity contribution in [3.05, 3.63) is 41.0 Å². The van der Waals surface area contributed by atoms with E-state index in [0.29, 0.717) is 5.56 Å². The van der Waals surface area contributed by atoms with Crippen LogP contribution in [0, 0.1) is 6.92 Å². The Morgan fingerprint density at radius 2 is 2.12 bits per heavy atom. The van der Waals surface area contributed by atoms with E-state index in [1.807, 2.05) is 19.1 Å². The van der Waals surface area contributed by atoms with Crippen LogP contribution >= 0.6 is 0 Å². The van der Waals surface area contributed by atoms with Crippen molar-refractivity contribution in [3.63, 3.8) is 0 Å². The maximum atomic E-state index is 10.9. The molecule has 84 valence electrons. The van der Waals surface area contributed by atoms with Crippen LogP contribution in [0.5, 0.6) is 0 Å². The topological polar surface area (TPSA) is 37.3 Å². The predicted molar refractivity (Wildman–Crippen MR) is 64.6 cm³/mol. The molecule has 16 heavy (non-hydrogen) atoms. The zero-order chi connectivity index (χ0) is 11.5. The Morgan fingerprint density at radius 3 is 2.69 bits per heavy atom. The Labute approximate surface area is 95.6 Å². The highest BCUT2D eigenvalue weighted by atomic mass is 16.4. The molecular formula is C14H16O2. The molecule has 2 heteroatoms. The van der Waals surface area contributed by atoms with E-state index in [2.05, 4.69) is 6.08 Å². The van der Waals surface area contributed by atoms with Crippen molar-refractivity contribution in [1.82, 2.24) is 0 Å². The van der Waals surface area contributed by atoms with Crippen LogP contribution in [0.3, 0.4) is 0 Å². The molecule has 2 nitrogen and oxygen atoms in total. The van der Waals surface area contributed by atoms with Crippen molar-refractivity contribution in [3.8, 4) is 0 Å². The first kappa shape index (κ1) is 10.9. The lowest BCUT2D eigenvalue weighted by atomic mass is 9.92. The fourth-order valence-corrected chi connectivity index (χ4v) is 2.20. The molecule has 0 heterocycles. The molecule has 0 fully saturated rings. The van der Waals surface area contributed by atoms with Gasteiger partial charge in [0.2, 0.25) is 0 Å². The second-order valence-electron chi connectivity index (χ2n) is 4.31. The minimum Gasteiger partial charge on any atom is -0.478 e. The van der Waals surface area contributed by atoms with Crippen molar-refractivity contribution in [2.24, 2.45) is 0 Å². The Morgan fingerprint density at radius 1 is 1.31 bits per heavy atom. The van der Waals surface area contributed by atoms with Gasteiger partial charge in [-0.05, 0) is 55.4 Å². The summed E-state index contributed by atoms with van der Waals surface area (Å²) in [5, 5.41) is 8.95. The third kappa shape index (κ3) is 2.16. The summed E-state index contributed by atoms with van der Waals surface area (Å²) in [4.78, 5) is 10.9. The van der Waals surface area contributed by atoms with Gasteiger partial charge in [-0.1, -0.05) is 18.2 Å². The summed E-state index contributed by atoms with van der Waals surface area (Å²) >= 11 is 0. The molecule has 0 saturated heterocycles. The highest BCUT2D eigenvalue weighted by molar-refractivity contribution is 5.90. The number of aromatic carboxylic acids is 1. The highest BCUT2D eigenvalue weighted by Gasteiger charge is 2.10. The Kier molecular flexibility index (Phi) is 3.09. The molecule has 0 amide bonds. The van der Waals surface area contributed by atoms with E-state index in [-0.39, 0.29) is 0 Å². The number of carbonyl (C=O) groups is 1. The number of aryl methyl sites for hydroxylation is 1. The van der Waals surface area contributed by atoms with Gasteiger partial charge in [0.25, 0.3) is 0 Å². The molecule has 0 bridgehead atoms. The number of hydrogen-bond donors (Lipinski definition) is 1. The zero-order valence-electron chi connectivity index (χ0n) is 9.49. The van der Waals surface area contributed by atoms with Crippen molar-refractivity contribution >= 4 is 11.5 Å². The van der Waals surface area contributed by atoms with Gasteiger partial charge in [-0.25, -0.2) is 4.79 Å². The van der Waals surface area contributed by atoms with Crippen molar-refractivity contribution in [1.29, 1.82) is 0 Å². The molecular weight excluding hydrogens is 200 g/mol. The smallest absolute Gasteiger partial charge is 0.335 e. The van der Waals surface area contributed by atoms with Crippen LogP contribution in [0.4, 0.5) is 0 Å². The molecule has 0 radical (unpaired) electrons. The van der Waals surface area contributed by atoms with E-state index < -0.39 is 5.97 Å². The van der Waals surface area contributed by atoms with Crippen LogP contribution in [0.15, 0.2) is 24.3 Å². The second kappa shape index (κ2) is 4.52. The summed E-state index contributed by atoms with van der Waals surface area (Å²) < 4.78 is 0. The number of rotatable bonds is 2. The lowest BCUT2D eigenvalue weighted by Gasteiger charge is -2.14. The van der Waals surface area contributed by atoms with E-state index in [9.17, 15) is 4.79 Å². The van der Waals surface area contributed by atoms with E-state index in [1.165, 1.54) is 24.0 Å². The first-order valence-corrected chi connectivity index (χ1v) is 5.72. The Bertz CT molecular complexity index is 444. The van der Waals surface area contributed by atoms with Crippen molar-refractivity contribution in [2.75, 3.05) is 0 Å². The number of hydrogen-bond acceptors (Lipinski definition) is 1. The van der Waals surface area contributed by atoms with Gasteiger partial charge in [-0.2, -0.15) is 0 Å². The Balaban J connectivity index is 2.33. The summed E-state index contributed by atoms with van der Waals surface area (Å²) in [6.45, 7) is 1.86. The largest absolute Gasteiger partial charge is 0.478 e. The molecule has 1 aromatic rings. The molecule has 1 N–H and O–H groups in total. The summed E-state index contributed by atoms with van der Waals surface area (Å²) in [7, 11) is 0. The fourth-order valence-electron chi connectivity index (χ4n) is 2.20. The average Bonchev–Trinajstić information content (AvgIpc) is 2.29. The van der Waals surface area contributed by atoms with Crippen LogP contribution in [0.25, 0.3) is 5.57 Å². The third-order valence-corrected chi connectivity index (χ3v) is 3.12. The van der Waals surface area contributed by atoms with Gasteiger partial charge in [0.05, 0.1) is 5.56 Å². The number of benzene rings is 1. The van der Waals surface area contributed by atoms with Crippen molar-refractivity contribution < 1.29 is 9.90 Å². The monoisotopic (exact) mass is 216 g/mol. The lowest BCUT2D eigenvalue weighted by molar-refractivity contribution is 0.0696. The molecule has 0 spiro atoms. The maximum absolute atomic E-state index is 10.9. The highest BCUT2D eigenvalue weighted by Crippen LogP contribution is 2.27. The minimum absolute atomic E-state index is 0.403. The fraction of sp³-hybridized carbons (Fsp3) is 0.357. The van der Waals surface area contributed by atoms with Gasteiger partial charge in [0.1, 0.15) is 0 Å². The number of carboxylic acids is 1. The Hall–Kier alpha value is -1.57. The average molecular weight is 216 g/mol. The zero-order valence-corrected chi connectivity index (χ0v) is 9.49. The number of carboxylic acid groups (broad SMARTS) is 1.